The monoisotopic (exact) mass is 231 g/mol. The van der Waals surface area contributed by atoms with Crippen molar-refractivity contribution in [2.24, 2.45) is 5.73 Å². The van der Waals surface area contributed by atoms with Crippen LogP contribution in [0.15, 0.2) is 41.0 Å². The van der Waals surface area contributed by atoms with Gasteiger partial charge in [0.25, 0.3) is 0 Å². The second-order valence-electron chi connectivity index (χ2n) is 3.92. The van der Waals surface area contributed by atoms with Crippen molar-refractivity contribution in [3.8, 4) is 5.75 Å². The fourth-order valence-corrected chi connectivity index (χ4v) is 1.87. The van der Waals surface area contributed by atoms with E-state index < -0.39 is 0 Å². The number of para-hydroxylation sites is 1. The highest BCUT2D eigenvalue weighted by Gasteiger charge is 2.18. The maximum absolute atomic E-state index is 6.22. The number of aryl methyl sites for hydroxylation is 1. The Labute approximate surface area is 101 Å². The zero-order chi connectivity index (χ0) is 12.3. The summed E-state index contributed by atoms with van der Waals surface area (Å²) in [5, 5.41) is 0. The molecule has 1 aromatic carbocycles. The van der Waals surface area contributed by atoms with Crippen LogP contribution in [0.25, 0.3) is 0 Å². The summed E-state index contributed by atoms with van der Waals surface area (Å²) < 4.78 is 11.0. The molecule has 0 saturated carbocycles. The van der Waals surface area contributed by atoms with Crippen LogP contribution >= 0.6 is 0 Å². The van der Waals surface area contributed by atoms with Crippen molar-refractivity contribution in [1.82, 2.24) is 0 Å². The Kier molecular flexibility index (Phi) is 3.49. The van der Waals surface area contributed by atoms with Crippen LogP contribution in [0, 0.1) is 6.92 Å². The molecule has 0 bridgehead atoms. The van der Waals surface area contributed by atoms with Crippen LogP contribution in [0.3, 0.4) is 0 Å². The molecule has 2 aromatic rings. The van der Waals surface area contributed by atoms with Crippen molar-refractivity contribution >= 4 is 0 Å². The molecule has 3 nitrogen and oxygen atoms in total. The molecule has 0 radical (unpaired) electrons. The number of benzene rings is 1. The van der Waals surface area contributed by atoms with Gasteiger partial charge in [0.05, 0.1) is 18.9 Å². The summed E-state index contributed by atoms with van der Waals surface area (Å²) in [6.07, 6.45) is 1.66. The molecule has 2 rings (SSSR count). The summed E-state index contributed by atoms with van der Waals surface area (Å²) in [7, 11) is 0. The van der Waals surface area contributed by atoms with Gasteiger partial charge in [-0.2, -0.15) is 0 Å². The fraction of sp³-hybridized carbons (Fsp3) is 0.286. The zero-order valence-electron chi connectivity index (χ0n) is 10.1. The molecule has 0 saturated heterocycles. The van der Waals surface area contributed by atoms with Gasteiger partial charge in [-0.15, -0.1) is 0 Å². The molecule has 2 N–H and O–H groups in total. The first-order valence-electron chi connectivity index (χ1n) is 5.75. The second-order valence-corrected chi connectivity index (χ2v) is 3.92. The highest BCUT2D eigenvalue weighted by atomic mass is 16.5. The largest absolute Gasteiger partial charge is 0.494 e. The van der Waals surface area contributed by atoms with Gasteiger partial charge in [0.2, 0.25) is 0 Å². The lowest BCUT2D eigenvalue weighted by molar-refractivity contribution is 0.333. The number of furan rings is 1. The number of hydrogen-bond acceptors (Lipinski definition) is 3. The third kappa shape index (κ3) is 2.34. The zero-order valence-corrected chi connectivity index (χ0v) is 10.1. The quantitative estimate of drug-likeness (QED) is 0.879. The van der Waals surface area contributed by atoms with Gasteiger partial charge < -0.3 is 14.9 Å². The average Bonchev–Trinajstić information content (AvgIpc) is 2.76. The Morgan fingerprint density at radius 1 is 1.29 bits per heavy atom. The summed E-state index contributed by atoms with van der Waals surface area (Å²) >= 11 is 0. The minimum atomic E-state index is -0.284. The van der Waals surface area contributed by atoms with Gasteiger partial charge in [-0.05, 0) is 31.5 Å². The molecule has 90 valence electrons. The van der Waals surface area contributed by atoms with E-state index in [1.807, 2.05) is 44.2 Å². The number of rotatable bonds is 4. The van der Waals surface area contributed by atoms with E-state index in [9.17, 15) is 0 Å². The first-order valence-corrected chi connectivity index (χ1v) is 5.75. The van der Waals surface area contributed by atoms with Crippen LogP contribution in [0.5, 0.6) is 5.75 Å². The first kappa shape index (κ1) is 11.7. The lowest BCUT2D eigenvalue weighted by Crippen LogP contribution is -2.13. The van der Waals surface area contributed by atoms with E-state index in [0.717, 1.165) is 22.6 Å². The van der Waals surface area contributed by atoms with E-state index in [1.54, 1.807) is 6.26 Å². The molecule has 0 aliphatic heterocycles. The van der Waals surface area contributed by atoms with Crippen LogP contribution in [0.1, 0.15) is 29.9 Å². The van der Waals surface area contributed by atoms with Gasteiger partial charge in [-0.1, -0.05) is 18.2 Å². The third-order valence-corrected chi connectivity index (χ3v) is 2.74. The Morgan fingerprint density at radius 3 is 2.71 bits per heavy atom. The molecule has 0 fully saturated rings. The minimum Gasteiger partial charge on any atom is -0.494 e. The molecule has 0 aliphatic carbocycles. The predicted molar refractivity (Wildman–Crippen MR) is 67.1 cm³/mol. The first-order chi connectivity index (χ1) is 8.24. The van der Waals surface area contributed by atoms with Crippen LogP contribution in [0.4, 0.5) is 0 Å². The van der Waals surface area contributed by atoms with E-state index in [4.69, 9.17) is 14.9 Å². The number of ether oxygens (including phenoxy) is 1. The number of nitrogens with two attached hydrogens (primary N) is 1. The van der Waals surface area contributed by atoms with Crippen LogP contribution in [0.2, 0.25) is 0 Å². The van der Waals surface area contributed by atoms with Crippen molar-refractivity contribution in [2.75, 3.05) is 6.61 Å². The molecule has 0 aliphatic rings. The summed E-state index contributed by atoms with van der Waals surface area (Å²) in [6.45, 7) is 4.57. The second kappa shape index (κ2) is 5.06. The van der Waals surface area contributed by atoms with Crippen molar-refractivity contribution in [2.45, 2.75) is 19.9 Å². The van der Waals surface area contributed by atoms with Crippen LogP contribution < -0.4 is 10.5 Å². The van der Waals surface area contributed by atoms with E-state index in [2.05, 4.69) is 0 Å². The highest BCUT2D eigenvalue weighted by Crippen LogP contribution is 2.30. The third-order valence-electron chi connectivity index (χ3n) is 2.74. The Balaban J connectivity index is 2.37. The van der Waals surface area contributed by atoms with E-state index in [1.165, 1.54) is 0 Å². The molecule has 1 unspecified atom stereocenters. The van der Waals surface area contributed by atoms with Crippen molar-refractivity contribution in [3.05, 3.63) is 53.5 Å². The fourth-order valence-electron chi connectivity index (χ4n) is 1.87. The molecular formula is C14H17NO2. The lowest BCUT2D eigenvalue weighted by atomic mass is 10.0. The molecule has 17 heavy (non-hydrogen) atoms. The number of hydrogen-bond donors (Lipinski definition) is 1. The van der Waals surface area contributed by atoms with E-state index in [0.29, 0.717) is 6.61 Å². The molecule has 1 atom stereocenters. The SMILES string of the molecule is CCOc1ccccc1C(N)c1occc1C. The normalized spacial score (nSPS) is 12.4. The average molecular weight is 231 g/mol. The van der Waals surface area contributed by atoms with Gasteiger partial charge in [-0.3, -0.25) is 0 Å². The summed E-state index contributed by atoms with van der Waals surface area (Å²) in [5.74, 6) is 1.61. The lowest BCUT2D eigenvalue weighted by Gasteiger charge is -2.15. The van der Waals surface area contributed by atoms with E-state index in [-0.39, 0.29) is 6.04 Å². The van der Waals surface area contributed by atoms with E-state index >= 15 is 0 Å². The Bertz CT molecular complexity index is 490. The van der Waals surface area contributed by atoms with Crippen molar-refractivity contribution < 1.29 is 9.15 Å². The molecule has 0 spiro atoms. The molecular weight excluding hydrogens is 214 g/mol. The molecule has 1 heterocycles. The standard InChI is InChI=1S/C14H17NO2/c1-3-16-12-7-5-4-6-11(12)13(15)14-10(2)8-9-17-14/h4-9,13H,3,15H2,1-2H3. The Hall–Kier alpha value is -1.74. The van der Waals surface area contributed by atoms with Crippen molar-refractivity contribution in [1.29, 1.82) is 0 Å². The molecule has 1 aromatic heterocycles. The minimum absolute atomic E-state index is 0.284. The van der Waals surface area contributed by atoms with Gasteiger partial charge in [0.1, 0.15) is 11.5 Å². The van der Waals surface area contributed by atoms with Crippen LogP contribution in [-0.4, -0.2) is 6.61 Å². The van der Waals surface area contributed by atoms with Gasteiger partial charge in [0, 0.05) is 5.56 Å². The van der Waals surface area contributed by atoms with Gasteiger partial charge >= 0.3 is 0 Å². The van der Waals surface area contributed by atoms with Gasteiger partial charge in [-0.25, -0.2) is 0 Å². The molecule has 0 amide bonds. The maximum atomic E-state index is 6.22. The smallest absolute Gasteiger partial charge is 0.128 e. The van der Waals surface area contributed by atoms with Crippen LogP contribution in [-0.2, 0) is 0 Å². The highest BCUT2D eigenvalue weighted by molar-refractivity contribution is 5.40. The topological polar surface area (TPSA) is 48.4 Å². The summed E-state index contributed by atoms with van der Waals surface area (Å²) in [6, 6.07) is 9.42. The van der Waals surface area contributed by atoms with Gasteiger partial charge in [0.15, 0.2) is 0 Å². The predicted octanol–water partition coefficient (Wildman–Crippen LogP) is 3.03. The summed E-state index contributed by atoms with van der Waals surface area (Å²) in [5.41, 5.74) is 8.23. The Morgan fingerprint density at radius 2 is 2.06 bits per heavy atom. The van der Waals surface area contributed by atoms with Crippen molar-refractivity contribution in [3.63, 3.8) is 0 Å². The maximum Gasteiger partial charge on any atom is 0.128 e. The summed E-state index contributed by atoms with van der Waals surface area (Å²) in [4.78, 5) is 0. The molecule has 3 heteroatoms.